The highest BCUT2D eigenvalue weighted by molar-refractivity contribution is 7.92. The summed E-state index contributed by atoms with van der Waals surface area (Å²) in [5.74, 6) is -0.676. The molecule has 90 valence electrons. The summed E-state index contributed by atoms with van der Waals surface area (Å²) in [7, 11) is -3.05. The second-order valence-corrected chi connectivity index (χ2v) is 7.50. The Morgan fingerprint density at radius 3 is 2.07 bits per heavy atom. The zero-order valence-corrected chi connectivity index (χ0v) is 10.4. The topological polar surface area (TPSA) is 71.4 Å². The zero-order chi connectivity index (χ0) is 12.1. The first-order valence-electron chi connectivity index (χ1n) is 5.11. The van der Waals surface area contributed by atoms with Gasteiger partial charge in [0.1, 0.15) is 0 Å². The van der Waals surface area contributed by atoms with E-state index in [0.29, 0.717) is 19.3 Å². The fraction of sp³-hybridized carbons (Fsp3) is 0.900. The van der Waals surface area contributed by atoms with Gasteiger partial charge in [0, 0.05) is 6.42 Å². The molecule has 0 unspecified atom stereocenters. The minimum atomic E-state index is -3.05. The van der Waals surface area contributed by atoms with Crippen LogP contribution >= 0.6 is 0 Å². The minimum Gasteiger partial charge on any atom is -0.481 e. The number of sulfone groups is 1. The van der Waals surface area contributed by atoms with E-state index in [-0.39, 0.29) is 12.2 Å². The lowest BCUT2D eigenvalue weighted by Gasteiger charge is -2.18. The highest BCUT2D eigenvalue weighted by Gasteiger charge is 2.27. The van der Waals surface area contributed by atoms with Crippen molar-refractivity contribution in [1.82, 2.24) is 0 Å². The van der Waals surface area contributed by atoms with Crippen LogP contribution in [0.25, 0.3) is 0 Å². The minimum absolute atomic E-state index is 0.121. The molecule has 0 saturated heterocycles. The number of carboxylic acid groups (broad SMARTS) is 1. The van der Waals surface area contributed by atoms with Gasteiger partial charge in [-0.25, -0.2) is 8.42 Å². The summed E-state index contributed by atoms with van der Waals surface area (Å²) in [4.78, 5) is 10.2. The summed E-state index contributed by atoms with van der Waals surface area (Å²) >= 11 is 0. The first-order chi connectivity index (χ1) is 6.67. The van der Waals surface area contributed by atoms with Gasteiger partial charge in [-0.3, -0.25) is 4.79 Å². The molecule has 0 rings (SSSR count). The lowest BCUT2D eigenvalue weighted by molar-refractivity contribution is -0.137. The Labute approximate surface area is 91.6 Å². The molecular formula is C10H20O4S. The van der Waals surface area contributed by atoms with E-state index in [2.05, 4.69) is 0 Å². The first-order valence-corrected chi connectivity index (χ1v) is 6.76. The number of carbonyl (C=O) groups is 1. The van der Waals surface area contributed by atoms with Gasteiger partial charge in [0.15, 0.2) is 9.84 Å². The molecule has 4 nitrogen and oxygen atoms in total. The Hall–Kier alpha value is -0.580. The van der Waals surface area contributed by atoms with Crippen LogP contribution in [0.2, 0.25) is 0 Å². The zero-order valence-electron chi connectivity index (χ0n) is 9.62. The van der Waals surface area contributed by atoms with E-state index >= 15 is 0 Å². The van der Waals surface area contributed by atoms with E-state index in [9.17, 15) is 13.2 Å². The van der Waals surface area contributed by atoms with Gasteiger partial charge in [-0.2, -0.15) is 0 Å². The van der Waals surface area contributed by atoms with Crippen molar-refractivity contribution in [2.45, 2.75) is 51.2 Å². The van der Waals surface area contributed by atoms with E-state index in [1.54, 1.807) is 20.8 Å². The third kappa shape index (κ3) is 5.77. The van der Waals surface area contributed by atoms with Gasteiger partial charge in [-0.1, -0.05) is 6.42 Å². The monoisotopic (exact) mass is 236 g/mol. The molecule has 0 aromatic rings. The van der Waals surface area contributed by atoms with Crippen LogP contribution < -0.4 is 0 Å². The third-order valence-corrected chi connectivity index (χ3v) is 4.93. The molecule has 0 aliphatic rings. The average molecular weight is 236 g/mol. The molecule has 0 aromatic heterocycles. The molecule has 15 heavy (non-hydrogen) atoms. The summed E-state index contributed by atoms with van der Waals surface area (Å²) in [6.45, 7) is 5.04. The Balaban J connectivity index is 3.83. The van der Waals surface area contributed by atoms with Crippen molar-refractivity contribution in [3.05, 3.63) is 0 Å². The summed E-state index contributed by atoms with van der Waals surface area (Å²) in [5, 5.41) is 8.38. The maximum Gasteiger partial charge on any atom is 0.303 e. The molecule has 0 atom stereocenters. The molecule has 0 fully saturated rings. The largest absolute Gasteiger partial charge is 0.481 e. The van der Waals surface area contributed by atoms with Crippen LogP contribution in [0.4, 0.5) is 0 Å². The van der Waals surface area contributed by atoms with Crippen molar-refractivity contribution in [2.75, 3.05) is 5.75 Å². The molecule has 0 heterocycles. The summed E-state index contributed by atoms with van der Waals surface area (Å²) in [6.07, 6.45) is 1.87. The van der Waals surface area contributed by atoms with Gasteiger partial charge in [-0.05, 0) is 33.6 Å². The molecule has 0 aliphatic heterocycles. The number of carboxylic acids is 1. The summed E-state index contributed by atoms with van der Waals surface area (Å²) in [5.41, 5.74) is 0. The quantitative estimate of drug-likeness (QED) is 0.714. The molecular weight excluding hydrogens is 216 g/mol. The number of unbranched alkanes of at least 4 members (excludes halogenated alkanes) is 2. The fourth-order valence-corrected chi connectivity index (χ4v) is 2.25. The Morgan fingerprint density at radius 2 is 1.67 bits per heavy atom. The molecule has 0 aliphatic carbocycles. The van der Waals surface area contributed by atoms with Crippen LogP contribution in [-0.4, -0.2) is 30.0 Å². The number of rotatable bonds is 6. The highest BCUT2D eigenvalue weighted by Crippen LogP contribution is 2.17. The molecule has 1 N–H and O–H groups in total. The van der Waals surface area contributed by atoms with Crippen molar-refractivity contribution >= 4 is 15.8 Å². The number of hydrogen-bond donors (Lipinski definition) is 1. The van der Waals surface area contributed by atoms with Gasteiger partial charge in [0.25, 0.3) is 0 Å². The molecule has 0 saturated carbocycles. The van der Waals surface area contributed by atoms with Gasteiger partial charge < -0.3 is 5.11 Å². The van der Waals surface area contributed by atoms with Crippen LogP contribution in [0.3, 0.4) is 0 Å². The standard InChI is InChI=1S/C10H20O4S/c1-10(2,3)15(13,14)8-6-4-5-7-9(11)12/h4-8H2,1-3H3,(H,11,12). The van der Waals surface area contributed by atoms with Gasteiger partial charge in [-0.15, -0.1) is 0 Å². The second-order valence-electron chi connectivity index (χ2n) is 4.64. The predicted molar refractivity (Wildman–Crippen MR) is 59.6 cm³/mol. The maximum atomic E-state index is 11.6. The average Bonchev–Trinajstić information content (AvgIpc) is 2.00. The van der Waals surface area contributed by atoms with Crippen molar-refractivity contribution in [3.8, 4) is 0 Å². The van der Waals surface area contributed by atoms with Crippen molar-refractivity contribution in [1.29, 1.82) is 0 Å². The van der Waals surface area contributed by atoms with Gasteiger partial charge in [0.05, 0.1) is 10.5 Å². The van der Waals surface area contributed by atoms with Crippen LogP contribution in [0.15, 0.2) is 0 Å². The predicted octanol–water partition coefficient (Wildman–Crippen LogP) is 1.84. The smallest absolute Gasteiger partial charge is 0.303 e. The lowest BCUT2D eigenvalue weighted by atomic mass is 10.2. The Morgan fingerprint density at radius 1 is 1.13 bits per heavy atom. The molecule has 0 radical (unpaired) electrons. The van der Waals surface area contributed by atoms with E-state index in [4.69, 9.17) is 5.11 Å². The van der Waals surface area contributed by atoms with Crippen molar-refractivity contribution in [3.63, 3.8) is 0 Å². The van der Waals surface area contributed by atoms with Gasteiger partial charge >= 0.3 is 5.97 Å². The Bertz CT molecular complexity index is 298. The van der Waals surface area contributed by atoms with E-state index < -0.39 is 20.6 Å². The van der Waals surface area contributed by atoms with E-state index in [1.807, 2.05) is 0 Å². The SMILES string of the molecule is CC(C)(C)S(=O)(=O)CCCCCC(=O)O. The third-order valence-electron chi connectivity index (χ3n) is 2.24. The maximum absolute atomic E-state index is 11.6. The number of aliphatic carboxylic acids is 1. The molecule has 0 aromatic carbocycles. The van der Waals surface area contributed by atoms with Crippen LogP contribution in [-0.2, 0) is 14.6 Å². The Kier molecular flexibility index (Phi) is 5.28. The molecule has 0 spiro atoms. The molecule has 0 bridgehead atoms. The highest BCUT2D eigenvalue weighted by atomic mass is 32.2. The summed E-state index contributed by atoms with van der Waals surface area (Å²) in [6, 6.07) is 0. The molecule has 0 amide bonds. The van der Waals surface area contributed by atoms with E-state index in [0.717, 1.165) is 0 Å². The van der Waals surface area contributed by atoms with Crippen LogP contribution in [0.1, 0.15) is 46.5 Å². The first kappa shape index (κ1) is 14.4. The normalized spacial score (nSPS) is 12.7. The van der Waals surface area contributed by atoms with Gasteiger partial charge in [0.2, 0.25) is 0 Å². The van der Waals surface area contributed by atoms with Crippen molar-refractivity contribution in [2.24, 2.45) is 0 Å². The van der Waals surface area contributed by atoms with E-state index in [1.165, 1.54) is 0 Å². The number of hydrogen-bond acceptors (Lipinski definition) is 3. The molecule has 5 heteroatoms. The van der Waals surface area contributed by atoms with Crippen LogP contribution in [0.5, 0.6) is 0 Å². The second kappa shape index (κ2) is 5.49. The fourth-order valence-electron chi connectivity index (χ4n) is 1.05. The van der Waals surface area contributed by atoms with Crippen LogP contribution in [0, 0.1) is 0 Å². The summed E-state index contributed by atoms with van der Waals surface area (Å²) < 4.78 is 22.6. The van der Waals surface area contributed by atoms with Crippen molar-refractivity contribution < 1.29 is 18.3 Å². The lowest BCUT2D eigenvalue weighted by Crippen LogP contribution is -2.30.